The number of aromatic nitrogens is 2. The van der Waals surface area contributed by atoms with E-state index in [1.165, 1.54) is 4.31 Å². The van der Waals surface area contributed by atoms with E-state index in [1.54, 1.807) is 36.0 Å². The second kappa shape index (κ2) is 8.32. The number of carbonyl (C=O) groups excluding carboxylic acids is 1. The summed E-state index contributed by atoms with van der Waals surface area (Å²) in [5.74, 6) is 0.794. The van der Waals surface area contributed by atoms with E-state index in [0.29, 0.717) is 38.4 Å². The molecule has 1 aliphatic rings. The van der Waals surface area contributed by atoms with E-state index >= 15 is 0 Å². The minimum Gasteiger partial charge on any atom is -0.340 e. The fraction of sp³-hybridized carbons (Fsp3) is 0.471. The van der Waals surface area contributed by atoms with Crippen LogP contribution in [0.15, 0.2) is 35.6 Å². The van der Waals surface area contributed by atoms with E-state index in [-0.39, 0.29) is 11.7 Å². The third-order valence-electron chi connectivity index (χ3n) is 4.40. The van der Waals surface area contributed by atoms with E-state index in [2.05, 4.69) is 9.97 Å². The minimum atomic E-state index is -3.17. The summed E-state index contributed by atoms with van der Waals surface area (Å²) in [6.07, 6.45) is 3.88. The fourth-order valence-electron chi connectivity index (χ4n) is 2.88. The van der Waals surface area contributed by atoms with E-state index in [0.717, 1.165) is 15.9 Å². The van der Waals surface area contributed by atoms with Crippen LogP contribution in [-0.2, 0) is 14.8 Å². The molecule has 1 aliphatic heterocycles. The number of fused-ring (bicyclic) bond motifs is 1. The van der Waals surface area contributed by atoms with Gasteiger partial charge in [0.1, 0.15) is 5.03 Å². The molecule has 3 rings (SSSR count). The van der Waals surface area contributed by atoms with Crippen LogP contribution >= 0.6 is 11.8 Å². The molecule has 3 heterocycles. The maximum atomic E-state index is 12.4. The average molecular weight is 395 g/mol. The Morgan fingerprint density at radius 1 is 1.15 bits per heavy atom. The van der Waals surface area contributed by atoms with Crippen molar-refractivity contribution in [3.63, 3.8) is 0 Å². The number of carbonyl (C=O) groups is 1. The number of amides is 1. The number of hydrogen-bond acceptors (Lipinski definition) is 6. The van der Waals surface area contributed by atoms with Gasteiger partial charge >= 0.3 is 0 Å². The van der Waals surface area contributed by atoms with Crippen molar-refractivity contribution in [3.05, 3.63) is 30.6 Å². The largest absolute Gasteiger partial charge is 0.340 e. The second-order valence-electron chi connectivity index (χ2n) is 5.97. The van der Waals surface area contributed by atoms with Crippen molar-refractivity contribution in [2.75, 3.05) is 37.7 Å². The normalized spacial score (nSPS) is 16.1. The van der Waals surface area contributed by atoms with Crippen LogP contribution in [0.25, 0.3) is 10.9 Å². The molecule has 0 saturated carbocycles. The third kappa shape index (κ3) is 4.33. The predicted molar refractivity (Wildman–Crippen MR) is 102 cm³/mol. The first-order chi connectivity index (χ1) is 12.5. The van der Waals surface area contributed by atoms with E-state index in [1.807, 2.05) is 18.2 Å². The Hall–Kier alpha value is -1.71. The molecule has 2 aromatic rings. The lowest BCUT2D eigenvalue weighted by atomic mass is 10.3. The molecule has 0 N–H and O–H groups in total. The molecule has 0 aromatic carbocycles. The second-order valence-corrected chi connectivity index (χ2v) is 9.31. The molecule has 1 fully saturated rings. The molecule has 1 amide bonds. The minimum absolute atomic E-state index is 0.0596. The van der Waals surface area contributed by atoms with Crippen LogP contribution in [0.3, 0.4) is 0 Å². The monoisotopic (exact) mass is 394 g/mol. The number of sulfonamides is 1. The quantitative estimate of drug-likeness (QED) is 0.692. The zero-order valence-corrected chi connectivity index (χ0v) is 16.3. The molecular weight excluding hydrogens is 372 g/mol. The molecule has 9 heteroatoms. The first kappa shape index (κ1) is 19.1. The van der Waals surface area contributed by atoms with E-state index in [4.69, 9.17) is 0 Å². The van der Waals surface area contributed by atoms with Gasteiger partial charge in [-0.3, -0.25) is 9.78 Å². The van der Waals surface area contributed by atoms with Crippen molar-refractivity contribution in [2.24, 2.45) is 0 Å². The summed E-state index contributed by atoms with van der Waals surface area (Å²) in [6, 6.07) is 5.73. The Bertz CT molecular complexity index is 875. The summed E-state index contributed by atoms with van der Waals surface area (Å²) < 4.78 is 25.2. The van der Waals surface area contributed by atoms with Crippen molar-refractivity contribution in [2.45, 2.75) is 18.4 Å². The Kier molecular flexibility index (Phi) is 6.10. The van der Waals surface area contributed by atoms with Gasteiger partial charge in [0.05, 0.1) is 11.3 Å². The maximum Gasteiger partial charge on any atom is 0.223 e. The van der Waals surface area contributed by atoms with Gasteiger partial charge in [0, 0.05) is 56.1 Å². The fourth-order valence-corrected chi connectivity index (χ4v) is 4.90. The molecule has 26 heavy (non-hydrogen) atoms. The van der Waals surface area contributed by atoms with Crippen LogP contribution in [0.2, 0.25) is 0 Å². The Morgan fingerprint density at radius 3 is 2.65 bits per heavy atom. The van der Waals surface area contributed by atoms with Crippen LogP contribution in [0.4, 0.5) is 0 Å². The van der Waals surface area contributed by atoms with E-state index < -0.39 is 10.0 Å². The van der Waals surface area contributed by atoms with Crippen molar-refractivity contribution < 1.29 is 13.2 Å². The lowest BCUT2D eigenvalue weighted by Crippen LogP contribution is -2.50. The summed E-state index contributed by atoms with van der Waals surface area (Å²) in [7, 11) is -3.17. The average Bonchev–Trinajstić information content (AvgIpc) is 2.68. The van der Waals surface area contributed by atoms with Crippen LogP contribution in [0.5, 0.6) is 0 Å². The van der Waals surface area contributed by atoms with Gasteiger partial charge in [0.25, 0.3) is 0 Å². The molecule has 0 radical (unpaired) electrons. The van der Waals surface area contributed by atoms with Gasteiger partial charge < -0.3 is 4.90 Å². The Balaban J connectivity index is 1.51. The van der Waals surface area contributed by atoms with Crippen LogP contribution in [-0.4, -0.2) is 71.2 Å². The predicted octanol–water partition coefficient (Wildman–Crippen LogP) is 1.61. The lowest BCUT2D eigenvalue weighted by Gasteiger charge is -2.33. The molecule has 0 unspecified atom stereocenters. The highest BCUT2D eigenvalue weighted by Crippen LogP contribution is 2.25. The number of hydrogen-bond donors (Lipinski definition) is 0. The third-order valence-corrected chi connectivity index (χ3v) is 7.29. The molecule has 0 atom stereocenters. The molecule has 0 spiro atoms. The maximum absolute atomic E-state index is 12.4. The summed E-state index contributed by atoms with van der Waals surface area (Å²) in [6.45, 7) is 3.32. The standard InChI is InChI=1S/C17H22N4O3S2/c1-2-26(23,24)21-11-9-20(10-12-21)16(22)6-13-25-17-14-4-3-7-18-15(14)5-8-19-17/h3-5,7-8H,2,6,9-13H2,1H3. The number of thioether (sulfide) groups is 1. The lowest BCUT2D eigenvalue weighted by molar-refractivity contribution is -0.131. The van der Waals surface area contributed by atoms with Crippen molar-refractivity contribution in [3.8, 4) is 0 Å². The first-order valence-corrected chi connectivity index (χ1v) is 11.2. The number of rotatable bonds is 6. The highest BCUT2D eigenvalue weighted by molar-refractivity contribution is 7.99. The van der Waals surface area contributed by atoms with Crippen molar-refractivity contribution >= 4 is 38.6 Å². The highest BCUT2D eigenvalue weighted by atomic mass is 32.2. The van der Waals surface area contributed by atoms with Crippen molar-refractivity contribution in [1.82, 2.24) is 19.2 Å². The van der Waals surface area contributed by atoms with E-state index in [9.17, 15) is 13.2 Å². The molecule has 1 saturated heterocycles. The molecule has 2 aromatic heterocycles. The molecule has 0 aliphatic carbocycles. The first-order valence-electron chi connectivity index (χ1n) is 8.59. The number of piperazine rings is 1. The molecular formula is C17H22N4O3S2. The number of nitrogens with zero attached hydrogens (tertiary/aromatic N) is 4. The summed E-state index contributed by atoms with van der Waals surface area (Å²) in [5, 5.41) is 1.87. The SMILES string of the molecule is CCS(=O)(=O)N1CCN(C(=O)CCSc2nccc3ncccc23)CC1. The van der Waals surface area contributed by atoms with Gasteiger partial charge in [-0.2, -0.15) is 4.31 Å². The Morgan fingerprint density at radius 2 is 1.92 bits per heavy atom. The van der Waals surface area contributed by atoms with Gasteiger partial charge in [0.15, 0.2) is 0 Å². The van der Waals surface area contributed by atoms with Crippen molar-refractivity contribution in [1.29, 1.82) is 0 Å². The van der Waals surface area contributed by atoms with Crippen LogP contribution in [0, 0.1) is 0 Å². The van der Waals surface area contributed by atoms with Gasteiger partial charge in [0.2, 0.25) is 15.9 Å². The summed E-state index contributed by atoms with van der Waals surface area (Å²) >= 11 is 1.55. The topological polar surface area (TPSA) is 83.5 Å². The summed E-state index contributed by atoms with van der Waals surface area (Å²) in [5.41, 5.74) is 0.893. The van der Waals surface area contributed by atoms with Crippen LogP contribution < -0.4 is 0 Å². The smallest absolute Gasteiger partial charge is 0.223 e. The number of pyridine rings is 2. The Labute approximate surface area is 157 Å². The van der Waals surface area contributed by atoms with Gasteiger partial charge in [-0.1, -0.05) is 0 Å². The molecule has 7 nitrogen and oxygen atoms in total. The molecule has 0 bridgehead atoms. The summed E-state index contributed by atoms with van der Waals surface area (Å²) in [4.78, 5) is 22.8. The van der Waals surface area contributed by atoms with Crippen LogP contribution in [0.1, 0.15) is 13.3 Å². The van der Waals surface area contributed by atoms with Gasteiger partial charge in [-0.25, -0.2) is 13.4 Å². The molecule has 140 valence electrons. The van der Waals surface area contributed by atoms with Gasteiger partial charge in [-0.15, -0.1) is 11.8 Å². The zero-order valence-electron chi connectivity index (χ0n) is 14.7. The zero-order chi connectivity index (χ0) is 18.6. The highest BCUT2D eigenvalue weighted by Gasteiger charge is 2.27. The van der Waals surface area contributed by atoms with Gasteiger partial charge in [-0.05, 0) is 25.1 Å².